The van der Waals surface area contributed by atoms with Crippen LogP contribution in [-0.4, -0.2) is 35.3 Å². The third-order valence-electron chi connectivity index (χ3n) is 11.7. The summed E-state index contributed by atoms with van der Waals surface area (Å²) in [7, 11) is -3.45. The molecule has 3 nitrogen and oxygen atoms in total. The smallest absolute Gasteiger partial charge is 0.312 e. The number of hydrogen-bond acceptors (Lipinski definition) is 3. The van der Waals surface area contributed by atoms with Crippen LogP contribution in [0.1, 0.15) is 219 Å². The molecule has 0 aromatic rings. The fourth-order valence-electron chi connectivity index (χ4n) is 8.73. The molecule has 0 rings (SSSR count). The highest BCUT2D eigenvalue weighted by Crippen LogP contribution is 2.59. The Hall–Kier alpha value is 0.584. The second-order valence-corrected chi connectivity index (χ2v) is 31.4. The monoisotopic (exact) mass is 745 g/mol. The molecule has 0 spiro atoms. The first-order valence-corrected chi connectivity index (χ1v) is 30.5. The minimum absolute atomic E-state index is 0.176. The molecule has 0 saturated heterocycles. The van der Waals surface area contributed by atoms with Crippen LogP contribution < -0.4 is 0 Å². The highest BCUT2D eigenvalue weighted by Gasteiger charge is 2.54. The summed E-state index contributed by atoms with van der Waals surface area (Å²) < 4.78 is 25.7. The quantitative estimate of drug-likeness (QED) is 0.0357. The molecule has 0 atom stereocenters. The summed E-state index contributed by atoms with van der Waals surface area (Å²) in [6.07, 6.45) is 45.0. The van der Waals surface area contributed by atoms with Crippen LogP contribution in [0.4, 0.5) is 0 Å². The SMILES string of the molecule is CCCCCCCCCCCCCCCCCC[Si](C)(C)C([Si](C)(C)CCCCCCCCCCCCCCCCCC)P(=O)(OC)OC. The molecule has 6 heteroatoms. The zero-order valence-corrected chi connectivity index (χ0v) is 38.2. The van der Waals surface area contributed by atoms with Crippen LogP contribution in [0.2, 0.25) is 38.3 Å². The molecule has 0 aliphatic rings. The molecule has 0 aliphatic carbocycles. The van der Waals surface area contributed by atoms with E-state index in [4.69, 9.17) is 9.05 Å². The van der Waals surface area contributed by atoms with Gasteiger partial charge in [0.1, 0.15) is 0 Å². The van der Waals surface area contributed by atoms with Crippen LogP contribution in [0.25, 0.3) is 0 Å². The molecule has 0 aromatic heterocycles. The summed E-state index contributed by atoms with van der Waals surface area (Å²) in [6, 6.07) is 2.50. The van der Waals surface area contributed by atoms with Crippen molar-refractivity contribution in [3.63, 3.8) is 0 Å². The Morgan fingerprint density at radius 3 is 0.735 bits per heavy atom. The van der Waals surface area contributed by atoms with Crippen LogP contribution >= 0.6 is 7.60 Å². The van der Waals surface area contributed by atoms with Crippen molar-refractivity contribution < 1.29 is 13.6 Å². The standard InChI is InChI=1S/C43H93O3PSi2/c1-9-11-13-15-17-19-21-23-25-27-29-31-33-35-37-39-41-48(5,6)43(47(44,45-3)46-4)49(7,8)42-40-38-36-34-32-30-28-26-24-22-20-18-16-14-12-10-2/h43H,9-42H2,1-8H3. The van der Waals surface area contributed by atoms with Crippen LogP contribution in [0.15, 0.2) is 0 Å². The van der Waals surface area contributed by atoms with Gasteiger partial charge in [-0.2, -0.15) is 0 Å². The molecule has 0 N–H and O–H groups in total. The summed E-state index contributed by atoms with van der Waals surface area (Å²) in [6.45, 7) is 14.6. The van der Waals surface area contributed by atoms with E-state index in [1.165, 1.54) is 218 Å². The summed E-state index contributed by atoms with van der Waals surface area (Å²) in [5.74, 6) is 0. The third-order valence-corrected chi connectivity index (χ3v) is 30.3. The van der Waals surface area contributed by atoms with Crippen LogP contribution in [0.3, 0.4) is 0 Å². The summed E-state index contributed by atoms with van der Waals surface area (Å²) >= 11 is 0. The zero-order valence-electron chi connectivity index (χ0n) is 35.3. The molecule has 0 amide bonds. The van der Waals surface area contributed by atoms with Crippen molar-refractivity contribution in [1.29, 1.82) is 0 Å². The number of rotatable bonds is 39. The van der Waals surface area contributed by atoms with Crippen LogP contribution in [-0.2, 0) is 13.6 Å². The molecule has 0 heterocycles. The first-order chi connectivity index (χ1) is 23.6. The van der Waals surface area contributed by atoms with E-state index in [9.17, 15) is 4.57 Å². The van der Waals surface area contributed by atoms with Gasteiger partial charge in [-0.25, -0.2) is 0 Å². The van der Waals surface area contributed by atoms with Gasteiger partial charge in [0.25, 0.3) is 0 Å². The summed E-state index contributed by atoms with van der Waals surface area (Å²) in [5, 5.41) is 0. The fourth-order valence-corrected chi connectivity index (χ4v) is 30.4. The predicted molar refractivity (Wildman–Crippen MR) is 229 cm³/mol. The molecule has 0 bridgehead atoms. The Labute approximate surface area is 313 Å². The van der Waals surface area contributed by atoms with E-state index in [0.717, 1.165) is 0 Å². The van der Waals surface area contributed by atoms with Gasteiger partial charge >= 0.3 is 7.60 Å². The number of unbranched alkanes of at least 4 members (excludes halogenated alkanes) is 30. The Morgan fingerprint density at radius 1 is 0.367 bits per heavy atom. The van der Waals surface area contributed by atoms with Crippen molar-refractivity contribution >= 4 is 23.7 Å². The highest BCUT2D eigenvalue weighted by molar-refractivity contribution is 7.62. The number of hydrogen-bond donors (Lipinski definition) is 0. The van der Waals surface area contributed by atoms with Gasteiger partial charge in [0.2, 0.25) is 0 Å². The van der Waals surface area contributed by atoms with Crippen molar-refractivity contribution in [2.45, 2.75) is 262 Å². The van der Waals surface area contributed by atoms with Gasteiger partial charge in [-0.3, -0.25) is 4.57 Å². The minimum Gasteiger partial charge on any atom is -0.312 e. The maximum Gasteiger partial charge on any atom is 0.327 e. The summed E-state index contributed by atoms with van der Waals surface area (Å²) in [5.41, 5.74) is 0. The lowest BCUT2D eigenvalue weighted by Crippen LogP contribution is -2.57. The van der Waals surface area contributed by atoms with Gasteiger partial charge in [-0.1, -0.05) is 258 Å². The lowest BCUT2D eigenvalue weighted by Gasteiger charge is -2.44. The van der Waals surface area contributed by atoms with E-state index < -0.39 is 23.7 Å². The second kappa shape index (κ2) is 33.2. The van der Waals surface area contributed by atoms with Crippen molar-refractivity contribution in [3.05, 3.63) is 0 Å². The van der Waals surface area contributed by atoms with Gasteiger partial charge in [-0.15, -0.1) is 0 Å². The molecule has 49 heavy (non-hydrogen) atoms. The average Bonchev–Trinajstić information content (AvgIpc) is 3.07. The molecule has 0 saturated carbocycles. The van der Waals surface area contributed by atoms with Gasteiger partial charge in [-0.05, 0) is 0 Å². The highest BCUT2D eigenvalue weighted by atomic mass is 31.2. The van der Waals surface area contributed by atoms with Gasteiger partial charge in [0.05, 0.1) is 16.1 Å². The largest absolute Gasteiger partial charge is 0.327 e. The van der Waals surface area contributed by atoms with Gasteiger partial charge < -0.3 is 9.05 Å². The van der Waals surface area contributed by atoms with Crippen LogP contribution in [0.5, 0.6) is 0 Å². The van der Waals surface area contributed by atoms with E-state index in [1.54, 1.807) is 14.2 Å². The topological polar surface area (TPSA) is 35.5 Å². The molecular formula is C43H93O3PSi2. The second-order valence-electron chi connectivity index (χ2n) is 17.4. The Bertz CT molecular complexity index is 689. The molecule has 0 aliphatic heterocycles. The molecular weight excluding hydrogens is 652 g/mol. The summed E-state index contributed by atoms with van der Waals surface area (Å²) in [4.78, 5) is 0.176. The Balaban J connectivity index is 4.25. The first kappa shape index (κ1) is 49.6. The Morgan fingerprint density at radius 2 is 0.551 bits per heavy atom. The lowest BCUT2D eigenvalue weighted by atomic mass is 10.0. The Kier molecular flexibility index (Phi) is 33.6. The van der Waals surface area contributed by atoms with E-state index in [0.29, 0.717) is 0 Å². The molecule has 0 unspecified atom stereocenters. The molecule has 0 radical (unpaired) electrons. The van der Waals surface area contributed by atoms with E-state index in [-0.39, 0.29) is 4.91 Å². The normalized spacial score (nSPS) is 12.8. The maximum absolute atomic E-state index is 14.1. The van der Waals surface area contributed by atoms with E-state index in [2.05, 4.69) is 40.0 Å². The van der Waals surface area contributed by atoms with Crippen LogP contribution in [0, 0.1) is 0 Å². The fraction of sp³-hybridized carbons (Fsp3) is 1.00. The lowest BCUT2D eigenvalue weighted by molar-refractivity contribution is 0.276. The molecule has 0 aromatic carbocycles. The zero-order chi connectivity index (χ0) is 36.5. The first-order valence-electron chi connectivity index (χ1n) is 22.3. The average molecular weight is 745 g/mol. The van der Waals surface area contributed by atoms with Crippen molar-refractivity contribution in [2.24, 2.45) is 0 Å². The van der Waals surface area contributed by atoms with E-state index in [1.807, 2.05) is 0 Å². The van der Waals surface area contributed by atoms with Gasteiger partial charge in [0, 0.05) is 19.1 Å². The predicted octanol–water partition coefficient (Wildman–Crippen LogP) is 16.9. The maximum atomic E-state index is 14.1. The minimum atomic E-state index is -3.09. The molecule has 296 valence electrons. The van der Waals surface area contributed by atoms with Gasteiger partial charge in [0.15, 0.2) is 0 Å². The van der Waals surface area contributed by atoms with Crippen molar-refractivity contribution in [3.8, 4) is 0 Å². The van der Waals surface area contributed by atoms with Crippen molar-refractivity contribution in [2.75, 3.05) is 14.2 Å². The third kappa shape index (κ3) is 26.9. The van der Waals surface area contributed by atoms with E-state index >= 15 is 0 Å². The molecule has 0 fully saturated rings. The van der Waals surface area contributed by atoms with Crippen molar-refractivity contribution in [1.82, 2.24) is 0 Å².